The van der Waals surface area contributed by atoms with Crippen LogP contribution in [-0.4, -0.2) is 30.9 Å². The Kier molecular flexibility index (Phi) is 2.33. The Hall–Kier alpha value is -0.130. The van der Waals surface area contributed by atoms with Crippen molar-refractivity contribution in [1.29, 1.82) is 0 Å². The zero-order chi connectivity index (χ0) is 9.47. The Morgan fingerprint density at radius 3 is 2.23 bits per heavy atom. The van der Waals surface area contributed by atoms with Crippen LogP contribution in [0.5, 0.6) is 0 Å². The van der Waals surface area contributed by atoms with Gasteiger partial charge in [-0.25, -0.2) is 0 Å². The standard InChI is InChI=1S/C8H14O4S/c9-13(10,11)5-6-3-7-1-2-8(4-6)12-7/h6-8H,1-5H2,(H,9,10,11)/t6?,7-,8+. The fraction of sp³-hybridized carbons (Fsp3) is 1.00. The van der Waals surface area contributed by atoms with Crippen molar-refractivity contribution in [3.05, 3.63) is 0 Å². The maximum absolute atomic E-state index is 10.6. The van der Waals surface area contributed by atoms with Gasteiger partial charge in [0, 0.05) is 0 Å². The van der Waals surface area contributed by atoms with Crippen LogP contribution in [-0.2, 0) is 14.9 Å². The van der Waals surface area contributed by atoms with E-state index in [-0.39, 0.29) is 23.9 Å². The topological polar surface area (TPSA) is 63.6 Å². The van der Waals surface area contributed by atoms with Crippen molar-refractivity contribution < 1.29 is 17.7 Å². The van der Waals surface area contributed by atoms with E-state index in [1.807, 2.05) is 0 Å². The molecule has 0 aromatic rings. The third kappa shape index (κ3) is 2.42. The number of fused-ring (bicyclic) bond motifs is 2. The van der Waals surface area contributed by atoms with Crippen molar-refractivity contribution >= 4 is 10.1 Å². The van der Waals surface area contributed by atoms with E-state index < -0.39 is 10.1 Å². The molecule has 2 fully saturated rings. The predicted octanol–water partition coefficient (Wildman–Crippen LogP) is 0.832. The number of hydrogen-bond donors (Lipinski definition) is 1. The fourth-order valence-electron chi connectivity index (χ4n) is 2.40. The van der Waals surface area contributed by atoms with E-state index in [2.05, 4.69) is 0 Å². The molecule has 2 saturated heterocycles. The summed E-state index contributed by atoms with van der Waals surface area (Å²) in [6.07, 6.45) is 4.15. The maximum atomic E-state index is 10.6. The van der Waals surface area contributed by atoms with Gasteiger partial charge in [-0.05, 0) is 31.6 Å². The van der Waals surface area contributed by atoms with Crippen LogP contribution in [0.15, 0.2) is 0 Å². The third-order valence-corrected chi connectivity index (χ3v) is 3.73. The summed E-state index contributed by atoms with van der Waals surface area (Å²) in [7, 11) is -3.80. The van der Waals surface area contributed by atoms with Crippen LogP contribution < -0.4 is 0 Å². The second-order valence-electron chi connectivity index (χ2n) is 4.04. The van der Waals surface area contributed by atoms with E-state index >= 15 is 0 Å². The lowest BCUT2D eigenvalue weighted by Crippen LogP contribution is -2.29. The minimum absolute atomic E-state index is 0.0939. The van der Waals surface area contributed by atoms with Gasteiger partial charge in [0.05, 0.1) is 18.0 Å². The summed E-state index contributed by atoms with van der Waals surface area (Å²) in [4.78, 5) is 0. The molecule has 1 unspecified atom stereocenters. The third-order valence-electron chi connectivity index (χ3n) is 2.83. The molecule has 2 aliphatic heterocycles. The van der Waals surface area contributed by atoms with Gasteiger partial charge in [-0.3, -0.25) is 4.55 Å². The van der Waals surface area contributed by atoms with Gasteiger partial charge >= 0.3 is 0 Å². The molecule has 0 aromatic carbocycles. The van der Waals surface area contributed by atoms with E-state index in [1.54, 1.807) is 0 Å². The second-order valence-corrected chi connectivity index (χ2v) is 5.54. The summed E-state index contributed by atoms with van der Waals surface area (Å²) in [5, 5.41) is 0. The molecule has 0 aromatic heterocycles. The molecule has 1 N–H and O–H groups in total. The van der Waals surface area contributed by atoms with Crippen LogP contribution in [0.25, 0.3) is 0 Å². The minimum Gasteiger partial charge on any atom is -0.375 e. The largest absolute Gasteiger partial charge is 0.375 e. The fourth-order valence-corrected chi connectivity index (χ4v) is 3.27. The normalized spacial score (nSPS) is 39.3. The van der Waals surface area contributed by atoms with E-state index in [4.69, 9.17) is 9.29 Å². The summed E-state index contributed by atoms with van der Waals surface area (Å²) < 4.78 is 35.6. The Bertz CT molecular complexity index is 273. The monoisotopic (exact) mass is 206 g/mol. The Balaban J connectivity index is 1.96. The SMILES string of the molecule is O=S(=O)(O)CC1C[C@H]2CC[C@@H](C1)O2. The Morgan fingerprint density at radius 1 is 1.23 bits per heavy atom. The first-order valence-corrected chi connectivity index (χ1v) is 6.24. The predicted molar refractivity (Wildman–Crippen MR) is 47.0 cm³/mol. The van der Waals surface area contributed by atoms with Crippen molar-refractivity contribution in [1.82, 2.24) is 0 Å². The molecule has 3 atom stereocenters. The summed E-state index contributed by atoms with van der Waals surface area (Å²) in [5.41, 5.74) is 0. The average Bonchev–Trinajstić information content (AvgIpc) is 2.27. The lowest BCUT2D eigenvalue weighted by atomic mass is 9.98. The summed E-state index contributed by atoms with van der Waals surface area (Å²) in [6, 6.07) is 0. The zero-order valence-electron chi connectivity index (χ0n) is 7.35. The maximum Gasteiger partial charge on any atom is 0.265 e. The van der Waals surface area contributed by atoms with Gasteiger partial charge in [0.15, 0.2) is 0 Å². The van der Waals surface area contributed by atoms with Crippen LogP contribution in [0, 0.1) is 5.92 Å². The summed E-state index contributed by atoms with van der Waals surface area (Å²) in [6.45, 7) is 0. The first-order chi connectivity index (χ1) is 6.03. The molecule has 0 spiro atoms. The van der Waals surface area contributed by atoms with Gasteiger partial charge in [-0.15, -0.1) is 0 Å². The highest BCUT2D eigenvalue weighted by Gasteiger charge is 2.36. The van der Waals surface area contributed by atoms with E-state index in [0.29, 0.717) is 0 Å². The first-order valence-electron chi connectivity index (χ1n) is 4.63. The molecule has 2 aliphatic rings. The Morgan fingerprint density at radius 2 is 1.77 bits per heavy atom. The highest BCUT2D eigenvalue weighted by atomic mass is 32.2. The molecule has 4 nitrogen and oxygen atoms in total. The molecular formula is C8H14O4S. The molecule has 5 heteroatoms. The molecule has 0 amide bonds. The summed E-state index contributed by atoms with van der Waals surface area (Å²) >= 11 is 0. The van der Waals surface area contributed by atoms with Crippen LogP contribution in [0.4, 0.5) is 0 Å². The average molecular weight is 206 g/mol. The second kappa shape index (κ2) is 3.22. The van der Waals surface area contributed by atoms with Gasteiger partial charge in [-0.1, -0.05) is 0 Å². The van der Waals surface area contributed by atoms with Gasteiger partial charge in [-0.2, -0.15) is 8.42 Å². The summed E-state index contributed by atoms with van der Waals surface area (Å²) in [5.74, 6) is 0.00449. The Labute approximate surface area is 78.0 Å². The van der Waals surface area contributed by atoms with Crippen LogP contribution in [0.3, 0.4) is 0 Å². The zero-order valence-corrected chi connectivity index (χ0v) is 8.16. The first kappa shape index (κ1) is 9.43. The lowest BCUT2D eigenvalue weighted by Gasteiger charge is -2.27. The molecule has 0 radical (unpaired) electrons. The van der Waals surface area contributed by atoms with Crippen molar-refractivity contribution in [2.45, 2.75) is 37.9 Å². The quantitative estimate of drug-likeness (QED) is 0.680. The van der Waals surface area contributed by atoms with Crippen LogP contribution in [0.2, 0.25) is 0 Å². The number of rotatable bonds is 2. The molecule has 2 bridgehead atoms. The molecule has 13 heavy (non-hydrogen) atoms. The van der Waals surface area contributed by atoms with Crippen LogP contribution >= 0.6 is 0 Å². The molecule has 0 aliphatic carbocycles. The van der Waals surface area contributed by atoms with Crippen molar-refractivity contribution in [3.63, 3.8) is 0 Å². The lowest BCUT2D eigenvalue weighted by molar-refractivity contribution is -0.0148. The van der Waals surface area contributed by atoms with Gasteiger partial charge < -0.3 is 4.74 Å². The van der Waals surface area contributed by atoms with E-state index in [0.717, 1.165) is 25.7 Å². The number of hydrogen-bond acceptors (Lipinski definition) is 3. The highest BCUT2D eigenvalue weighted by molar-refractivity contribution is 7.85. The van der Waals surface area contributed by atoms with Gasteiger partial charge in [0.1, 0.15) is 0 Å². The molecule has 2 rings (SSSR count). The molecular weight excluding hydrogens is 192 g/mol. The van der Waals surface area contributed by atoms with E-state index in [1.165, 1.54) is 0 Å². The van der Waals surface area contributed by atoms with Crippen molar-refractivity contribution in [2.75, 3.05) is 5.75 Å². The molecule has 76 valence electrons. The number of ether oxygens (including phenoxy) is 1. The molecule has 0 saturated carbocycles. The van der Waals surface area contributed by atoms with Gasteiger partial charge in [0.2, 0.25) is 0 Å². The minimum atomic E-state index is -3.80. The van der Waals surface area contributed by atoms with Crippen molar-refractivity contribution in [2.24, 2.45) is 5.92 Å². The smallest absolute Gasteiger partial charge is 0.265 e. The van der Waals surface area contributed by atoms with Crippen molar-refractivity contribution in [3.8, 4) is 0 Å². The molecule has 2 heterocycles. The van der Waals surface area contributed by atoms with Crippen LogP contribution in [0.1, 0.15) is 25.7 Å². The van der Waals surface area contributed by atoms with Gasteiger partial charge in [0.25, 0.3) is 10.1 Å². The highest BCUT2D eigenvalue weighted by Crippen LogP contribution is 2.36. The van der Waals surface area contributed by atoms with E-state index in [9.17, 15) is 8.42 Å².